The van der Waals surface area contributed by atoms with Crippen LogP contribution in [0.25, 0.3) is 11.5 Å². The maximum atomic E-state index is 13.2. The number of nitrogens with one attached hydrogen (secondary N) is 1. The number of benzene rings is 2. The maximum Gasteiger partial charge on any atom is 0.416 e. The van der Waals surface area contributed by atoms with Gasteiger partial charge in [-0.1, -0.05) is 23.9 Å². The summed E-state index contributed by atoms with van der Waals surface area (Å²) in [5.41, 5.74) is 0.725. The van der Waals surface area contributed by atoms with Crippen molar-refractivity contribution in [2.75, 3.05) is 29.1 Å². The third-order valence-corrected chi connectivity index (χ3v) is 6.39. The fourth-order valence-corrected chi connectivity index (χ4v) is 4.38. The van der Waals surface area contributed by atoms with Crippen LogP contribution in [0.4, 0.5) is 24.5 Å². The van der Waals surface area contributed by atoms with Gasteiger partial charge in [-0.2, -0.15) is 13.2 Å². The molecular formula is C21H18BrF3N4O2S. The topological polar surface area (TPSA) is 71.3 Å². The Balaban J connectivity index is 1.44. The van der Waals surface area contributed by atoms with E-state index in [0.717, 1.165) is 46.8 Å². The van der Waals surface area contributed by atoms with Gasteiger partial charge in [0.1, 0.15) is 0 Å². The van der Waals surface area contributed by atoms with Crippen LogP contribution in [0.5, 0.6) is 0 Å². The summed E-state index contributed by atoms with van der Waals surface area (Å²) in [5, 5.41) is 10.9. The van der Waals surface area contributed by atoms with E-state index in [-0.39, 0.29) is 16.9 Å². The summed E-state index contributed by atoms with van der Waals surface area (Å²) in [6.45, 7) is 1.30. The SMILES string of the molecule is O=C(CSc1nnc(-c2ccccc2Br)o1)Nc1ccc(C(F)(F)F)cc1N1CCCC1. The Morgan fingerprint density at radius 3 is 2.62 bits per heavy atom. The van der Waals surface area contributed by atoms with Crippen LogP contribution in [0.1, 0.15) is 18.4 Å². The quantitative estimate of drug-likeness (QED) is 0.406. The van der Waals surface area contributed by atoms with Crippen LogP contribution in [0.15, 0.2) is 56.6 Å². The van der Waals surface area contributed by atoms with E-state index in [1.54, 1.807) is 0 Å². The number of aromatic nitrogens is 2. The van der Waals surface area contributed by atoms with Crippen molar-refractivity contribution < 1.29 is 22.4 Å². The third kappa shape index (κ3) is 5.26. The number of alkyl halides is 3. The zero-order chi connectivity index (χ0) is 22.7. The van der Waals surface area contributed by atoms with Crippen molar-refractivity contribution in [1.82, 2.24) is 10.2 Å². The van der Waals surface area contributed by atoms with Crippen LogP contribution in [-0.4, -0.2) is 34.9 Å². The molecule has 0 atom stereocenters. The number of halogens is 4. The molecule has 1 aliphatic rings. The van der Waals surface area contributed by atoms with Crippen molar-refractivity contribution in [2.24, 2.45) is 0 Å². The van der Waals surface area contributed by atoms with Gasteiger partial charge in [0.05, 0.1) is 28.3 Å². The molecule has 0 radical (unpaired) electrons. The van der Waals surface area contributed by atoms with E-state index in [0.29, 0.717) is 30.4 Å². The molecule has 1 saturated heterocycles. The Labute approximate surface area is 194 Å². The molecule has 2 aromatic carbocycles. The molecule has 0 spiro atoms. The number of anilines is 2. The summed E-state index contributed by atoms with van der Waals surface area (Å²) in [4.78, 5) is 14.4. The highest BCUT2D eigenvalue weighted by atomic mass is 79.9. The van der Waals surface area contributed by atoms with Crippen molar-refractivity contribution in [2.45, 2.75) is 24.2 Å². The van der Waals surface area contributed by atoms with E-state index in [1.165, 1.54) is 6.07 Å². The number of rotatable bonds is 6. The smallest absolute Gasteiger partial charge is 0.411 e. The van der Waals surface area contributed by atoms with E-state index < -0.39 is 11.7 Å². The lowest BCUT2D eigenvalue weighted by molar-refractivity contribution is -0.137. The van der Waals surface area contributed by atoms with Crippen molar-refractivity contribution >= 4 is 45.0 Å². The first-order valence-corrected chi connectivity index (χ1v) is 11.6. The zero-order valence-electron chi connectivity index (χ0n) is 16.7. The highest BCUT2D eigenvalue weighted by Crippen LogP contribution is 2.37. The molecular weight excluding hydrogens is 509 g/mol. The van der Waals surface area contributed by atoms with Gasteiger partial charge in [-0.05, 0) is 59.1 Å². The lowest BCUT2D eigenvalue weighted by Crippen LogP contribution is -2.22. The number of hydrogen-bond acceptors (Lipinski definition) is 6. The Bertz CT molecular complexity index is 1120. The number of carbonyl (C=O) groups excluding carboxylic acids is 1. The van der Waals surface area contributed by atoms with E-state index >= 15 is 0 Å². The zero-order valence-corrected chi connectivity index (χ0v) is 19.1. The molecule has 32 heavy (non-hydrogen) atoms. The fraction of sp³-hybridized carbons (Fsp3) is 0.286. The third-order valence-electron chi connectivity index (χ3n) is 4.88. The number of thioether (sulfide) groups is 1. The summed E-state index contributed by atoms with van der Waals surface area (Å²) in [6.07, 6.45) is -2.65. The molecule has 1 aromatic heterocycles. The summed E-state index contributed by atoms with van der Waals surface area (Å²) in [7, 11) is 0. The van der Waals surface area contributed by atoms with Crippen LogP contribution in [0.2, 0.25) is 0 Å². The molecule has 3 aromatic rings. The molecule has 4 rings (SSSR count). The molecule has 1 amide bonds. The molecule has 168 valence electrons. The summed E-state index contributed by atoms with van der Waals surface area (Å²) < 4.78 is 45.9. The molecule has 1 N–H and O–H groups in total. The molecule has 6 nitrogen and oxygen atoms in total. The van der Waals surface area contributed by atoms with Gasteiger partial charge in [0.2, 0.25) is 11.8 Å². The molecule has 0 aliphatic carbocycles. The second kappa shape index (κ2) is 9.53. The summed E-state index contributed by atoms with van der Waals surface area (Å²) >= 11 is 4.47. The summed E-state index contributed by atoms with van der Waals surface area (Å²) in [6, 6.07) is 10.7. The van der Waals surface area contributed by atoms with Gasteiger partial charge < -0.3 is 14.6 Å². The van der Waals surface area contributed by atoms with Gasteiger partial charge in [-0.15, -0.1) is 10.2 Å². The van der Waals surface area contributed by atoms with Gasteiger partial charge in [0, 0.05) is 17.6 Å². The van der Waals surface area contributed by atoms with Crippen molar-refractivity contribution in [3.63, 3.8) is 0 Å². The van der Waals surface area contributed by atoms with Gasteiger partial charge >= 0.3 is 6.18 Å². The van der Waals surface area contributed by atoms with Crippen LogP contribution in [0.3, 0.4) is 0 Å². The van der Waals surface area contributed by atoms with Gasteiger partial charge in [-0.25, -0.2) is 0 Å². The normalized spacial score (nSPS) is 14.1. The Morgan fingerprint density at radius 1 is 1.16 bits per heavy atom. The molecule has 2 heterocycles. The largest absolute Gasteiger partial charge is 0.416 e. The average Bonchev–Trinajstić information content (AvgIpc) is 3.44. The summed E-state index contributed by atoms with van der Waals surface area (Å²) in [5.74, 6) is -0.0896. The Morgan fingerprint density at radius 2 is 1.91 bits per heavy atom. The van der Waals surface area contributed by atoms with Crippen molar-refractivity contribution in [1.29, 1.82) is 0 Å². The molecule has 11 heteroatoms. The predicted octanol–water partition coefficient (Wildman–Crippen LogP) is 5.85. The van der Waals surface area contributed by atoms with Crippen molar-refractivity contribution in [3.05, 3.63) is 52.5 Å². The Kier molecular flexibility index (Phi) is 6.75. The number of carbonyl (C=O) groups is 1. The second-order valence-electron chi connectivity index (χ2n) is 7.11. The van der Waals surface area contributed by atoms with E-state index in [4.69, 9.17) is 4.42 Å². The highest BCUT2D eigenvalue weighted by Gasteiger charge is 2.32. The van der Waals surface area contributed by atoms with E-state index in [1.807, 2.05) is 29.2 Å². The fourth-order valence-electron chi connectivity index (χ4n) is 3.36. The minimum absolute atomic E-state index is 0.0297. The van der Waals surface area contributed by atoms with Gasteiger partial charge in [0.15, 0.2) is 0 Å². The number of hydrogen-bond donors (Lipinski definition) is 1. The van der Waals surface area contributed by atoms with Crippen LogP contribution in [-0.2, 0) is 11.0 Å². The molecule has 0 unspecified atom stereocenters. The predicted molar refractivity (Wildman–Crippen MR) is 120 cm³/mol. The van der Waals surface area contributed by atoms with E-state index in [9.17, 15) is 18.0 Å². The first-order chi connectivity index (χ1) is 15.3. The van der Waals surface area contributed by atoms with Crippen LogP contribution < -0.4 is 10.2 Å². The first kappa shape index (κ1) is 22.7. The molecule has 1 fully saturated rings. The lowest BCUT2D eigenvalue weighted by Gasteiger charge is -2.23. The van der Waals surface area contributed by atoms with Crippen molar-refractivity contribution in [3.8, 4) is 11.5 Å². The monoisotopic (exact) mass is 526 g/mol. The second-order valence-corrected chi connectivity index (χ2v) is 8.89. The minimum atomic E-state index is -4.45. The maximum absolute atomic E-state index is 13.2. The average molecular weight is 527 g/mol. The van der Waals surface area contributed by atoms with Crippen LogP contribution in [0, 0.1) is 0 Å². The molecule has 1 aliphatic heterocycles. The lowest BCUT2D eigenvalue weighted by atomic mass is 10.1. The standard InChI is InChI=1S/C21H18BrF3N4O2S/c22-15-6-2-1-5-14(15)19-27-28-20(31-19)32-12-18(30)26-16-8-7-13(21(23,24)25)11-17(16)29-9-3-4-10-29/h1-2,5-8,11H,3-4,9-10,12H2,(H,26,30). The number of amides is 1. The van der Waals surface area contributed by atoms with Gasteiger partial charge in [0.25, 0.3) is 5.22 Å². The van der Waals surface area contributed by atoms with Gasteiger partial charge in [-0.3, -0.25) is 4.79 Å². The van der Waals surface area contributed by atoms with E-state index in [2.05, 4.69) is 31.4 Å². The number of nitrogens with zero attached hydrogens (tertiary/aromatic N) is 3. The molecule has 0 bridgehead atoms. The molecule has 0 saturated carbocycles. The highest BCUT2D eigenvalue weighted by molar-refractivity contribution is 9.10. The van der Waals surface area contributed by atoms with Crippen LogP contribution >= 0.6 is 27.7 Å². The minimum Gasteiger partial charge on any atom is -0.411 e. The first-order valence-electron chi connectivity index (χ1n) is 9.78. The Hall–Kier alpha value is -2.53.